The first-order valence-electron chi connectivity index (χ1n) is 11.1. The van der Waals surface area contributed by atoms with Crippen molar-refractivity contribution in [3.63, 3.8) is 0 Å². The molecule has 2 aromatic rings. The van der Waals surface area contributed by atoms with Gasteiger partial charge < -0.3 is 0 Å². The third-order valence-electron chi connectivity index (χ3n) is 5.58. The summed E-state index contributed by atoms with van der Waals surface area (Å²) < 4.78 is 0. The fourth-order valence-corrected chi connectivity index (χ4v) is 3.81. The van der Waals surface area contributed by atoms with Gasteiger partial charge in [0.15, 0.2) is 11.6 Å². The van der Waals surface area contributed by atoms with Crippen LogP contribution in [-0.4, -0.2) is 52.8 Å². The molecule has 10 nitrogen and oxygen atoms in total. The van der Waals surface area contributed by atoms with Gasteiger partial charge in [-0.05, 0) is 42.9 Å². The van der Waals surface area contributed by atoms with E-state index in [1.54, 1.807) is 0 Å². The van der Waals surface area contributed by atoms with Crippen molar-refractivity contribution in [2.24, 2.45) is 10.8 Å². The second-order valence-corrected chi connectivity index (χ2v) is 9.98. The summed E-state index contributed by atoms with van der Waals surface area (Å²) in [7, 11) is 0. The van der Waals surface area contributed by atoms with Crippen molar-refractivity contribution < 1.29 is 9.59 Å². The van der Waals surface area contributed by atoms with Crippen LogP contribution in [-0.2, 0) is 22.4 Å². The van der Waals surface area contributed by atoms with E-state index < -0.39 is 0 Å². The lowest BCUT2D eigenvalue weighted by molar-refractivity contribution is -0.120. The second-order valence-electron chi connectivity index (χ2n) is 9.98. The van der Waals surface area contributed by atoms with Crippen LogP contribution in [0.15, 0.2) is 0 Å². The van der Waals surface area contributed by atoms with E-state index in [2.05, 4.69) is 68.9 Å². The number of rotatable bonds is 16. The molecule has 0 unspecified atom stereocenters. The number of carbonyl (C=O) groups excluding carboxylic acids is 2. The molecule has 0 saturated heterocycles. The Morgan fingerprint density at radius 3 is 1.42 bits per heavy atom. The molecule has 0 fully saturated rings. The van der Waals surface area contributed by atoms with Crippen molar-refractivity contribution >= 4 is 11.6 Å². The number of nitrogens with zero attached hydrogens (tertiary/aromatic N) is 6. The first-order valence-corrected chi connectivity index (χ1v) is 11.1. The molecule has 2 heterocycles. The molecule has 0 bridgehead atoms. The number of aromatic amines is 2. The van der Waals surface area contributed by atoms with Gasteiger partial charge in [-0.2, -0.15) is 10.4 Å². The highest BCUT2D eigenvalue weighted by Crippen LogP contribution is 2.28. The standard InChI is InChI=1S/C21H36N8O2/c1-20(2,14-18-22-26-27-23-18)12-6-10-16(30)8-5-9-17(31)11-7-13-21(3,4)15-19-24-28-29-25-19/h5-15H2,1-4H3,(H,22,23,26,27)(H,24,25,28,29). The van der Waals surface area contributed by atoms with Gasteiger partial charge in [-0.25, -0.2) is 0 Å². The highest BCUT2D eigenvalue weighted by Gasteiger charge is 2.22. The van der Waals surface area contributed by atoms with E-state index in [9.17, 15) is 9.59 Å². The van der Waals surface area contributed by atoms with E-state index in [0.717, 1.165) is 38.5 Å². The summed E-state index contributed by atoms with van der Waals surface area (Å²) >= 11 is 0. The maximum absolute atomic E-state index is 12.2. The monoisotopic (exact) mass is 432 g/mol. The molecule has 0 spiro atoms. The molecule has 172 valence electrons. The van der Waals surface area contributed by atoms with Crippen molar-refractivity contribution in [3.8, 4) is 0 Å². The van der Waals surface area contributed by atoms with E-state index in [4.69, 9.17) is 0 Å². The van der Waals surface area contributed by atoms with E-state index in [1.807, 2.05) is 0 Å². The molecule has 10 heteroatoms. The normalized spacial score (nSPS) is 12.3. The molecule has 2 aromatic heterocycles. The zero-order valence-electron chi connectivity index (χ0n) is 19.3. The molecule has 0 aliphatic carbocycles. The van der Waals surface area contributed by atoms with Crippen molar-refractivity contribution in [2.75, 3.05) is 0 Å². The Morgan fingerprint density at radius 2 is 1.06 bits per heavy atom. The number of aromatic nitrogens is 8. The third kappa shape index (κ3) is 10.4. The second kappa shape index (κ2) is 11.8. The van der Waals surface area contributed by atoms with Crippen LogP contribution in [0, 0.1) is 10.8 Å². The first kappa shape index (κ1) is 24.7. The van der Waals surface area contributed by atoms with Gasteiger partial charge in [-0.1, -0.05) is 38.1 Å². The molecular weight excluding hydrogens is 396 g/mol. The van der Waals surface area contributed by atoms with Gasteiger partial charge in [-0.15, -0.1) is 20.4 Å². The van der Waals surface area contributed by atoms with Gasteiger partial charge in [0.1, 0.15) is 11.6 Å². The summed E-state index contributed by atoms with van der Waals surface area (Å²) in [4.78, 5) is 24.3. The Morgan fingerprint density at radius 1 is 0.677 bits per heavy atom. The molecule has 0 saturated carbocycles. The molecule has 2 rings (SSSR count). The number of tetrazole rings is 2. The highest BCUT2D eigenvalue weighted by atomic mass is 16.1. The first-order chi connectivity index (χ1) is 14.7. The summed E-state index contributed by atoms with van der Waals surface area (Å²) in [6.45, 7) is 8.60. The third-order valence-corrected chi connectivity index (χ3v) is 5.58. The summed E-state index contributed by atoms with van der Waals surface area (Å²) in [5, 5.41) is 28.1. The van der Waals surface area contributed by atoms with Crippen molar-refractivity contribution in [2.45, 2.75) is 98.3 Å². The van der Waals surface area contributed by atoms with E-state index in [1.165, 1.54) is 0 Å². The van der Waals surface area contributed by atoms with Crippen LogP contribution in [0.25, 0.3) is 0 Å². The largest absolute Gasteiger partial charge is 0.300 e. The number of H-pyrrole nitrogens is 2. The van der Waals surface area contributed by atoms with Crippen LogP contribution >= 0.6 is 0 Å². The number of ketones is 2. The summed E-state index contributed by atoms with van der Waals surface area (Å²) in [6.07, 6.45) is 7.74. The Hall–Kier alpha value is -2.52. The molecule has 0 amide bonds. The van der Waals surface area contributed by atoms with Gasteiger partial charge in [0.25, 0.3) is 0 Å². The minimum absolute atomic E-state index is 0.0254. The summed E-state index contributed by atoms with van der Waals surface area (Å²) in [5.41, 5.74) is 0.0509. The average molecular weight is 433 g/mol. The molecule has 2 N–H and O–H groups in total. The smallest absolute Gasteiger partial charge is 0.175 e. The summed E-state index contributed by atoms with van der Waals surface area (Å²) in [6, 6.07) is 0. The number of Topliss-reactive ketones (excluding diaryl/α,β-unsaturated/α-hetero) is 2. The summed E-state index contributed by atoms with van der Waals surface area (Å²) in [5.74, 6) is 1.88. The highest BCUT2D eigenvalue weighted by molar-refractivity contribution is 5.81. The van der Waals surface area contributed by atoms with E-state index in [0.29, 0.717) is 43.8 Å². The SMILES string of the molecule is CC(C)(CCCC(=O)CCCC(=O)CCCC(C)(C)Cc1nn[nH]n1)Cc1nn[nH]n1. The van der Waals surface area contributed by atoms with Crippen LogP contribution in [0.3, 0.4) is 0 Å². The number of hydrogen-bond donors (Lipinski definition) is 2. The zero-order chi connectivity index (χ0) is 22.7. The van der Waals surface area contributed by atoms with E-state index >= 15 is 0 Å². The van der Waals surface area contributed by atoms with Gasteiger partial charge in [0, 0.05) is 38.5 Å². The van der Waals surface area contributed by atoms with Crippen LogP contribution in [0.4, 0.5) is 0 Å². The predicted octanol–water partition coefficient (Wildman–Crippen LogP) is 3.20. The quantitative estimate of drug-likeness (QED) is 0.411. The van der Waals surface area contributed by atoms with Gasteiger partial charge in [-0.3, -0.25) is 9.59 Å². The van der Waals surface area contributed by atoms with Gasteiger partial charge in [0.05, 0.1) is 0 Å². The van der Waals surface area contributed by atoms with Crippen LogP contribution in [0.1, 0.15) is 97.1 Å². The Bertz CT molecular complexity index is 718. The van der Waals surface area contributed by atoms with Crippen molar-refractivity contribution in [1.29, 1.82) is 0 Å². The molecule has 0 aliphatic rings. The number of hydrogen-bond acceptors (Lipinski definition) is 8. The molecule has 0 aromatic carbocycles. The zero-order valence-corrected chi connectivity index (χ0v) is 19.3. The Balaban J connectivity index is 1.52. The van der Waals surface area contributed by atoms with Crippen LogP contribution < -0.4 is 0 Å². The number of nitrogens with one attached hydrogen (secondary N) is 2. The average Bonchev–Trinajstić information content (AvgIpc) is 3.34. The van der Waals surface area contributed by atoms with Gasteiger partial charge >= 0.3 is 0 Å². The minimum atomic E-state index is 0.0254. The predicted molar refractivity (Wildman–Crippen MR) is 115 cm³/mol. The van der Waals surface area contributed by atoms with Crippen LogP contribution in [0.5, 0.6) is 0 Å². The fraction of sp³-hybridized carbons (Fsp3) is 0.810. The maximum atomic E-state index is 12.2. The molecule has 31 heavy (non-hydrogen) atoms. The van der Waals surface area contributed by atoms with Gasteiger partial charge in [0.2, 0.25) is 0 Å². The topological polar surface area (TPSA) is 143 Å². The van der Waals surface area contributed by atoms with Crippen molar-refractivity contribution in [3.05, 3.63) is 11.6 Å². The molecule has 0 radical (unpaired) electrons. The van der Waals surface area contributed by atoms with Crippen LogP contribution in [0.2, 0.25) is 0 Å². The van der Waals surface area contributed by atoms with E-state index in [-0.39, 0.29) is 22.4 Å². The van der Waals surface area contributed by atoms with Crippen molar-refractivity contribution in [1.82, 2.24) is 41.2 Å². The Kier molecular flexibility index (Phi) is 9.39. The molecule has 0 aliphatic heterocycles. The minimum Gasteiger partial charge on any atom is -0.300 e. The lowest BCUT2D eigenvalue weighted by atomic mass is 9.83. The molecular formula is C21H36N8O2. The maximum Gasteiger partial charge on any atom is 0.175 e. The number of carbonyl (C=O) groups is 2. The molecule has 0 atom stereocenters. The lowest BCUT2D eigenvalue weighted by Gasteiger charge is -2.22. The lowest BCUT2D eigenvalue weighted by Crippen LogP contribution is -2.17. The Labute approximate surface area is 183 Å². The fourth-order valence-electron chi connectivity index (χ4n) is 3.81.